The molecule has 540 valence electrons. The monoisotopic (exact) mass is 1560 g/mol. The number of H-pyrrole nitrogens is 1. The summed E-state index contributed by atoms with van der Waals surface area (Å²) in [5, 5.41) is 15.4. The molecule has 18 aromatic carbocycles. The largest absolute Gasteiger partial charge is 0.355 e. The van der Waals surface area contributed by atoms with Crippen LogP contribution in [0.5, 0.6) is 0 Å². The smallest absolute Gasteiger partial charge is 0.0541 e. The van der Waals surface area contributed by atoms with Crippen LogP contribution in [-0.4, -0.2) is 18.7 Å². The van der Waals surface area contributed by atoms with Gasteiger partial charge < -0.3 is 18.7 Å². The number of fused-ring (bicyclic) bond motifs is 18. The van der Waals surface area contributed by atoms with E-state index in [0.717, 1.165) is 15.8 Å². The third kappa shape index (κ3) is 12.1. The van der Waals surface area contributed by atoms with Gasteiger partial charge in [-0.1, -0.05) is 271 Å². The number of halogens is 1. The maximum atomic E-state index is 3.54. The van der Waals surface area contributed by atoms with Crippen molar-refractivity contribution in [3.8, 4) is 83.8 Å². The minimum Gasteiger partial charge on any atom is -0.355 e. The number of nitrogens with one attached hydrogen (secondary N) is 1. The summed E-state index contributed by atoms with van der Waals surface area (Å²) in [5.41, 5.74) is 27.9. The van der Waals surface area contributed by atoms with Gasteiger partial charge in [-0.25, -0.2) is 0 Å². The number of aromatic nitrogens is 4. The van der Waals surface area contributed by atoms with Gasteiger partial charge in [-0.2, -0.15) is 0 Å². The molecule has 0 aliphatic rings. The number of hydrogen-bond donors (Lipinski definition) is 1. The highest BCUT2D eigenvalue weighted by Gasteiger charge is 2.20. The lowest BCUT2D eigenvalue weighted by Crippen LogP contribution is -1.94. The van der Waals surface area contributed by atoms with Gasteiger partial charge in [-0.15, -0.1) is 22.7 Å². The Hall–Kier alpha value is -13.9. The Morgan fingerprint density at radius 2 is 0.435 bits per heavy atom. The van der Waals surface area contributed by atoms with Crippen LogP contribution in [0.3, 0.4) is 0 Å². The van der Waals surface area contributed by atoms with Crippen molar-refractivity contribution in [2.45, 2.75) is 0 Å². The molecule has 4 nitrogen and oxygen atoms in total. The molecule has 0 aliphatic carbocycles. The summed E-state index contributed by atoms with van der Waals surface area (Å²) < 4.78 is 13.7. The summed E-state index contributed by atoms with van der Waals surface area (Å²) in [7, 11) is 0. The van der Waals surface area contributed by atoms with Crippen LogP contribution >= 0.6 is 38.6 Å². The lowest BCUT2D eigenvalue weighted by atomic mass is 10.0. The van der Waals surface area contributed by atoms with Gasteiger partial charge >= 0.3 is 0 Å². The summed E-state index contributed by atoms with van der Waals surface area (Å²) in [4.78, 5) is 3.54. The van der Waals surface area contributed by atoms with Gasteiger partial charge in [0.25, 0.3) is 0 Å². The first-order valence-electron chi connectivity index (χ1n) is 39.0. The fourth-order valence-electron chi connectivity index (χ4n) is 17.4. The lowest BCUT2D eigenvalue weighted by Gasteiger charge is -2.11. The van der Waals surface area contributed by atoms with Crippen LogP contribution < -0.4 is 0 Å². The minimum absolute atomic E-state index is 1.11. The van der Waals surface area contributed by atoms with Crippen LogP contribution in [0.2, 0.25) is 0 Å². The molecule has 24 aromatic rings. The maximum absolute atomic E-state index is 3.54. The molecule has 6 aromatic heterocycles. The number of rotatable bonds is 9. The van der Waals surface area contributed by atoms with Crippen LogP contribution in [0.1, 0.15) is 0 Å². The van der Waals surface area contributed by atoms with Crippen molar-refractivity contribution in [1.82, 2.24) is 18.7 Å². The molecular formula is C108H69BrN4S2. The molecule has 0 radical (unpaired) electrons. The average molecular weight is 1570 g/mol. The molecule has 0 atom stereocenters. The van der Waals surface area contributed by atoms with Crippen molar-refractivity contribution in [2.75, 3.05) is 0 Å². The van der Waals surface area contributed by atoms with E-state index in [1.807, 2.05) is 22.7 Å². The van der Waals surface area contributed by atoms with Crippen molar-refractivity contribution in [1.29, 1.82) is 0 Å². The number of aromatic amines is 1. The van der Waals surface area contributed by atoms with Gasteiger partial charge in [-0.05, 0) is 224 Å². The summed E-state index contributed by atoms with van der Waals surface area (Å²) >= 11 is 7.21. The van der Waals surface area contributed by atoms with E-state index in [2.05, 4.69) is 447 Å². The Bertz CT molecular complexity index is 7880. The maximum Gasteiger partial charge on any atom is 0.0541 e. The Morgan fingerprint density at radius 3 is 0.852 bits per heavy atom. The molecule has 0 amide bonds. The summed E-state index contributed by atoms with van der Waals surface area (Å²) in [6.45, 7) is 0. The summed E-state index contributed by atoms with van der Waals surface area (Å²) in [6, 6.07) is 150. The van der Waals surface area contributed by atoms with E-state index in [-0.39, 0.29) is 0 Å². The molecule has 24 rings (SSSR count). The van der Waals surface area contributed by atoms with E-state index in [1.165, 1.54) is 200 Å². The Kier molecular flexibility index (Phi) is 16.8. The molecule has 115 heavy (non-hydrogen) atoms. The second kappa shape index (κ2) is 28.4. The average Bonchev–Trinajstić information content (AvgIpc) is 1.59. The second-order valence-electron chi connectivity index (χ2n) is 29.7. The molecule has 6 heterocycles. The molecule has 0 aliphatic heterocycles. The first-order valence-corrected chi connectivity index (χ1v) is 41.4. The normalized spacial score (nSPS) is 11.7. The van der Waals surface area contributed by atoms with E-state index in [0.29, 0.717) is 0 Å². The molecule has 0 bridgehead atoms. The third-order valence-corrected chi connectivity index (χ3v) is 25.9. The van der Waals surface area contributed by atoms with Crippen molar-refractivity contribution < 1.29 is 0 Å². The molecule has 0 unspecified atom stereocenters. The number of para-hydroxylation sites is 4. The molecule has 0 spiro atoms. The Balaban J connectivity index is 0.000000118. The molecule has 0 fully saturated rings. The van der Waals surface area contributed by atoms with E-state index in [1.54, 1.807) is 0 Å². The van der Waals surface area contributed by atoms with Gasteiger partial charge in [0.15, 0.2) is 0 Å². The first-order chi connectivity index (χ1) is 56.9. The zero-order valence-corrected chi connectivity index (χ0v) is 65.5. The summed E-state index contributed by atoms with van der Waals surface area (Å²) in [6.07, 6.45) is 0. The highest BCUT2D eigenvalue weighted by atomic mass is 79.9. The highest BCUT2D eigenvalue weighted by molar-refractivity contribution is 9.10. The first kappa shape index (κ1) is 67.9. The quantitative estimate of drug-likeness (QED) is 0.149. The molecule has 0 saturated heterocycles. The van der Waals surface area contributed by atoms with Crippen molar-refractivity contribution in [2.24, 2.45) is 0 Å². The molecule has 1 N–H and O–H groups in total. The number of nitrogens with zero attached hydrogens (tertiary/aromatic N) is 3. The zero-order chi connectivity index (χ0) is 76.0. The number of benzene rings is 18. The molecule has 0 saturated carbocycles. The van der Waals surface area contributed by atoms with Crippen LogP contribution in [0, 0.1) is 0 Å². The van der Waals surface area contributed by atoms with Gasteiger partial charge in [0.05, 0.1) is 33.1 Å². The van der Waals surface area contributed by atoms with Gasteiger partial charge in [-0.3, -0.25) is 0 Å². The molecular weight excluding hydrogens is 1500 g/mol. The fraction of sp³-hybridized carbons (Fsp3) is 0. The van der Waals surface area contributed by atoms with E-state index in [4.69, 9.17) is 0 Å². The zero-order valence-electron chi connectivity index (χ0n) is 62.3. The molecule has 7 heteroatoms. The lowest BCUT2D eigenvalue weighted by molar-refractivity contribution is 1.18. The standard InChI is InChI=1S/C54H34N2S.C36H24N2.C18H11BrS/c1-2-10-35(11-3-1)36-18-25-41(26-19-36)55-49-15-7-4-12-43(49)46-32-39(22-29-51(46)55)40-23-30-52-47(33-40)44-13-5-8-16-50(44)56(52)42-27-20-37(21-28-42)38-24-31-54-48(34-38)45-14-6-9-17-53(45)57-54;1-2-8-24(9-3-1)25-14-18-28(19-15-25)38-35-13-7-5-11-30(35)32-23-27(17-21-36(32)38)26-16-20-34-31(22-26)29-10-4-6-12-33(29)37-34;19-14-8-5-12(6-9-14)13-7-10-18-16(11-13)15-3-1-2-4-17(15)20-18/h1-34H;1-23,37H;1-11H. The van der Waals surface area contributed by atoms with E-state index < -0.39 is 0 Å². The third-order valence-electron chi connectivity index (χ3n) is 23.0. The van der Waals surface area contributed by atoms with Gasteiger partial charge in [0, 0.05) is 116 Å². The van der Waals surface area contributed by atoms with Gasteiger partial charge in [0.2, 0.25) is 0 Å². The van der Waals surface area contributed by atoms with Crippen molar-refractivity contribution in [3.05, 3.63) is 417 Å². The van der Waals surface area contributed by atoms with Crippen molar-refractivity contribution in [3.63, 3.8) is 0 Å². The Labute approximate surface area is 680 Å². The predicted octanol–water partition coefficient (Wildman–Crippen LogP) is 31.5. The van der Waals surface area contributed by atoms with Crippen LogP contribution in [0.4, 0.5) is 0 Å². The van der Waals surface area contributed by atoms with Crippen molar-refractivity contribution >= 4 is 166 Å². The van der Waals surface area contributed by atoms with Crippen LogP contribution in [0.25, 0.3) is 211 Å². The van der Waals surface area contributed by atoms with Crippen LogP contribution in [-0.2, 0) is 0 Å². The topological polar surface area (TPSA) is 30.6 Å². The summed E-state index contributed by atoms with van der Waals surface area (Å²) in [5.74, 6) is 0. The number of thiophene rings is 2. The second-order valence-corrected chi connectivity index (χ2v) is 32.8. The van der Waals surface area contributed by atoms with Crippen LogP contribution in [0.15, 0.2) is 417 Å². The SMILES string of the molecule is Brc1ccc(-c2ccc3sc4ccccc4c3c2)cc1.c1ccc(-c2ccc(-n3c4ccccc4c4cc(-c5ccc6[nH]c7ccccc7c6c5)ccc43)cc2)cc1.c1ccc(-c2ccc(-n3c4ccccc4c4cc(-c5ccc6c(c5)c5ccccc5n6-c5ccc(-c6ccc7sc8ccccc8c7c6)cc5)ccc43)cc2)cc1. The predicted molar refractivity (Wildman–Crippen MR) is 498 cm³/mol. The number of hydrogen-bond acceptors (Lipinski definition) is 2. The fourth-order valence-corrected chi connectivity index (χ4v) is 19.9. The minimum atomic E-state index is 1.11. The van der Waals surface area contributed by atoms with Gasteiger partial charge in [0.1, 0.15) is 0 Å². The van der Waals surface area contributed by atoms with E-state index >= 15 is 0 Å². The van der Waals surface area contributed by atoms with E-state index in [9.17, 15) is 0 Å². The highest BCUT2D eigenvalue weighted by Crippen LogP contribution is 2.44. The Morgan fingerprint density at radius 1 is 0.174 bits per heavy atom.